The van der Waals surface area contributed by atoms with Gasteiger partial charge in [0.1, 0.15) is 0 Å². The molecule has 0 saturated carbocycles. The molecule has 0 fully saturated rings. The van der Waals surface area contributed by atoms with E-state index in [2.05, 4.69) is 0 Å². The lowest BCUT2D eigenvalue weighted by Crippen LogP contribution is -2.52. The molecule has 0 amide bonds. The van der Waals surface area contributed by atoms with Crippen molar-refractivity contribution in [3.05, 3.63) is 0 Å². The molecule has 5 nitrogen and oxygen atoms in total. The van der Waals surface area contributed by atoms with Crippen LogP contribution in [0.15, 0.2) is 0 Å². The van der Waals surface area contributed by atoms with Crippen molar-refractivity contribution in [2.75, 3.05) is 13.2 Å². The van der Waals surface area contributed by atoms with Crippen molar-refractivity contribution in [2.45, 2.75) is 18.2 Å². The summed E-state index contributed by atoms with van der Waals surface area (Å²) < 4.78 is 0. The van der Waals surface area contributed by atoms with Gasteiger partial charge in [-0.25, -0.2) is 0 Å². The minimum atomic E-state index is -1.05. The lowest BCUT2D eigenvalue weighted by Gasteiger charge is -2.21. The number of rotatable bonds is 4. The lowest BCUT2D eigenvalue weighted by molar-refractivity contribution is 0.0593. The maximum absolute atomic E-state index is 8.86. The molecule has 0 rings (SSSR count). The van der Waals surface area contributed by atoms with Crippen LogP contribution < -0.4 is 11.5 Å². The number of hydrogen-bond donors (Lipinski definition) is 5. The second kappa shape index (κ2) is 4.59. The minimum Gasteiger partial charge on any atom is -0.395 e. The third-order valence-electron chi connectivity index (χ3n) is 1.34. The maximum Gasteiger partial charge on any atom is 0.0937 e. The topological polar surface area (TPSA) is 113 Å². The fraction of sp³-hybridized carbons (Fsp3) is 1.00. The Bertz CT molecular complexity index is 81.0. The number of hydrogen-bond acceptors (Lipinski definition) is 5. The van der Waals surface area contributed by atoms with Crippen LogP contribution in [0.25, 0.3) is 0 Å². The largest absolute Gasteiger partial charge is 0.395 e. The van der Waals surface area contributed by atoms with Crippen molar-refractivity contribution in [3.63, 3.8) is 0 Å². The normalized spacial score (nSPS) is 20.1. The first-order valence-electron chi connectivity index (χ1n) is 3.04. The van der Waals surface area contributed by atoms with Gasteiger partial charge in [-0.3, -0.25) is 0 Å². The van der Waals surface area contributed by atoms with Gasteiger partial charge in [-0.05, 0) is 0 Å². The van der Waals surface area contributed by atoms with E-state index in [1.165, 1.54) is 0 Å². The second-order valence-corrected chi connectivity index (χ2v) is 2.17. The van der Waals surface area contributed by atoms with E-state index >= 15 is 0 Å². The Morgan fingerprint density at radius 3 is 1.90 bits per heavy atom. The van der Waals surface area contributed by atoms with Crippen molar-refractivity contribution in [1.29, 1.82) is 0 Å². The van der Waals surface area contributed by atoms with Crippen molar-refractivity contribution in [2.24, 2.45) is 11.5 Å². The summed E-state index contributed by atoms with van der Waals surface area (Å²) in [7, 11) is 0. The quantitative estimate of drug-likeness (QED) is 0.293. The van der Waals surface area contributed by atoms with Gasteiger partial charge in [0.15, 0.2) is 0 Å². The Morgan fingerprint density at radius 2 is 1.60 bits per heavy atom. The van der Waals surface area contributed by atoms with Gasteiger partial charge in [0.25, 0.3) is 0 Å². The fourth-order valence-electron chi connectivity index (χ4n) is 0.529. The molecule has 0 heterocycles. The molecule has 0 aromatic carbocycles. The van der Waals surface area contributed by atoms with Crippen molar-refractivity contribution in [3.8, 4) is 0 Å². The smallest absolute Gasteiger partial charge is 0.0937 e. The molecular weight excluding hydrogens is 136 g/mol. The highest BCUT2D eigenvalue weighted by Gasteiger charge is 2.19. The van der Waals surface area contributed by atoms with Crippen LogP contribution >= 0.6 is 0 Å². The monoisotopic (exact) mass is 150 g/mol. The van der Waals surface area contributed by atoms with Crippen LogP contribution in [0.5, 0.6) is 0 Å². The van der Waals surface area contributed by atoms with Crippen molar-refractivity contribution < 1.29 is 15.3 Å². The first-order valence-corrected chi connectivity index (χ1v) is 3.04. The van der Waals surface area contributed by atoms with E-state index in [9.17, 15) is 0 Å². The fourth-order valence-corrected chi connectivity index (χ4v) is 0.529. The Balaban J connectivity index is 3.69. The molecule has 7 N–H and O–H groups in total. The van der Waals surface area contributed by atoms with Gasteiger partial charge in [-0.15, -0.1) is 0 Å². The highest BCUT2D eigenvalue weighted by Crippen LogP contribution is 1.92. The van der Waals surface area contributed by atoms with Crippen LogP contribution in [0.4, 0.5) is 0 Å². The summed E-state index contributed by atoms with van der Waals surface area (Å²) in [5, 5.41) is 25.7. The average Bonchev–Trinajstić information content (AvgIpc) is 2.00. The lowest BCUT2D eigenvalue weighted by atomic mass is 10.1. The molecule has 0 aliphatic carbocycles. The predicted molar refractivity (Wildman–Crippen MR) is 36.1 cm³/mol. The third-order valence-corrected chi connectivity index (χ3v) is 1.34. The maximum atomic E-state index is 8.86. The summed E-state index contributed by atoms with van der Waals surface area (Å²) in [5.74, 6) is 0. The van der Waals surface area contributed by atoms with Crippen LogP contribution in [-0.4, -0.2) is 46.7 Å². The molecule has 10 heavy (non-hydrogen) atoms. The Labute approximate surface area is 59.3 Å². The van der Waals surface area contributed by atoms with Gasteiger partial charge >= 0.3 is 0 Å². The van der Waals surface area contributed by atoms with Crippen LogP contribution in [0.1, 0.15) is 0 Å². The zero-order valence-corrected chi connectivity index (χ0v) is 5.64. The minimum absolute atomic E-state index is 0.293. The molecular formula is C5H14N2O3. The number of aliphatic hydroxyl groups is 3. The van der Waals surface area contributed by atoms with Gasteiger partial charge in [0.05, 0.1) is 25.4 Å². The van der Waals surface area contributed by atoms with E-state index in [1.807, 2.05) is 0 Å². The summed E-state index contributed by atoms with van der Waals surface area (Å²) in [5.41, 5.74) is 10.5. The van der Waals surface area contributed by atoms with Crippen molar-refractivity contribution >= 4 is 0 Å². The van der Waals surface area contributed by atoms with E-state index in [4.69, 9.17) is 26.8 Å². The molecule has 0 radical (unpaired) electrons. The second-order valence-electron chi connectivity index (χ2n) is 2.17. The first-order chi connectivity index (χ1) is 4.63. The van der Waals surface area contributed by atoms with Gasteiger partial charge in [0, 0.05) is 6.04 Å². The Hall–Kier alpha value is -0.200. The van der Waals surface area contributed by atoms with Crippen LogP contribution in [-0.2, 0) is 0 Å². The number of aliphatic hydroxyl groups excluding tert-OH is 3. The summed E-state index contributed by atoms with van der Waals surface area (Å²) in [6.07, 6.45) is -1.05. The summed E-state index contributed by atoms with van der Waals surface area (Å²) in [4.78, 5) is 0. The predicted octanol–water partition coefficient (Wildman–Crippen LogP) is -3.01. The average molecular weight is 150 g/mol. The molecule has 0 aromatic heterocycles. The van der Waals surface area contributed by atoms with E-state index in [-0.39, 0.29) is 6.61 Å². The van der Waals surface area contributed by atoms with Gasteiger partial charge in [-0.1, -0.05) is 0 Å². The number of nitrogens with two attached hydrogens (primary N) is 2. The molecule has 0 aliphatic heterocycles. The van der Waals surface area contributed by atoms with E-state index in [0.29, 0.717) is 0 Å². The standard InChI is InChI=1S/C5H14N2O3/c6-3(1-8)5(7)4(10)2-9/h3-5,8-10H,1-2,6-7H2. The molecule has 0 saturated heterocycles. The molecule has 0 bridgehead atoms. The Kier molecular flexibility index (Phi) is 4.50. The molecule has 0 aromatic rings. The highest BCUT2D eigenvalue weighted by molar-refractivity contribution is 4.81. The third kappa shape index (κ3) is 2.59. The molecule has 62 valence electrons. The summed E-state index contributed by atoms with van der Waals surface area (Å²) >= 11 is 0. The molecule has 5 heteroatoms. The van der Waals surface area contributed by atoms with Crippen LogP contribution in [0.2, 0.25) is 0 Å². The van der Waals surface area contributed by atoms with Gasteiger partial charge in [0.2, 0.25) is 0 Å². The van der Waals surface area contributed by atoms with E-state index < -0.39 is 24.8 Å². The SMILES string of the molecule is NC(CO)C(N)C(O)CO. The van der Waals surface area contributed by atoms with E-state index in [0.717, 1.165) is 0 Å². The van der Waals surface area contributed by atoms with E-state index in [1.54, 1.807) is 0 Å². The molecule has 3 unspecified atom stereocenters. The van der Waals surface area contributed by atoms with Gasteiger partial charge < -0.3 is 26.8 Å². The molecule has 0 aliphatic rings. The van der Waals surface area contributed by atoms with Gasteiger partial charge in [-0.2, -0.15) is 0 Å². The Morgan fingerprint density at radius 1 is 1.10 bits per heavy atom. The molecule has 3 atom stereocenters. The summed E-state index contributed by atoms with van der Waals surface area (Å²) in [6.45, 7) is -0.729. The molecule has 0 spiro atoms. The van der Waals surface area contributed by atoms with Crippen LogP contribution in [0.3, 0.4) is 0 Å². The highest BCUT2D eigenvalue weighted by atomic mass is 16.3. The zero-order valence-electron chi connectivity index (χ0n) is 5.64. The van der Waals surface area contributed by atoms with Crippen molar-refractivity contribution in [1.82, 2.24) is 0 Å². The zero-order chi connectivity index (χ0) is 8.15. The summed E-state index contributed by atoms with van der Waals surface area (Å²) in [6, 6.07) is -1.45. The van der Waals surface area contributed by atoms with Crippen LogP contribution in [0, 0.1) is 0 Å². The first kappa shape index (κ1) is 9.80.